The number of carbonyl (C=O) groups is 1. The molecule has 0 aliphatic carbocycles. The second kappa shape index (κ2) is 5.61. The lowest BCUT2D eigenvalue weighted by Crippen LogP contribution is -2.20. The zero-order valence-electron chi connectivity index (χ0n) is 11.5. The Hall–Kier alpha value is -2.56. The van der Waals surface area contributed by atoms with Crippen LogP contribution < -0.4 is 15.0 Å². The molecule has 20 heavy (non-hydrogen) atoms. The van der Waals surface area contributed by atoms with Crippen LogP contribution in [0.3, 0.4) is 0 Å². The molecule has 1 aromatic heterocycles. The number of benzene rings is 1. The minimum absolute atomic E-state index is 0.121. The van der Waals surface area contributed by atoms with Crippen LogP contribution in [0.15, 0.2) is 35.1 Å². The summed E-state index contributed by atoms with van der Waals surface area (Å²) in [6.45, 7) is 1.70. The summed E-state index contributed by atoms with van der Waals surface area (Å²) in [6, 6.07) is 8.24. The lowest BCUT2D eigenvalue weighted by atomic mass is 10.0. The Morgan fingerprint density at radius 2 is 1.75 bits per heavy atom. The first-order valence-corrected chi connectivity index (χ1v) is 6.03. The summed E-state index contributed by atoms with van der Waals surface area (Å²) in [4.78, 5) is 26.9. The van der Waals surface area contributed by atoms with E-state index in [0.717, 1.165) is 0 Å². The highest BCUT2D eigenvalue weighted by atomic mass is 16.5. The number of ketones is 1. The topological polar surface area (TPSA) is 68.4 Å². The first kappa shape index (κ1) is 13.9. The molecule has 0 aliphatic rings. The van der Waals surface area contributed by atoms with Crippen LogP contribution in [0.5, 0.6) is 11.6 Å². The number of pyridine rings is 1. The molecule has 0 spiro atoms. The number of ether oxygens (including phenoxy) is 2. The average molecular weight is 273 g/mol. The molecule has 2 rings (SSSR count). The second-order valence-electron chi connectivity index (χ2n) is 4.28. The molecule has 1 N–H and O–H groups in total. The summed E-state index contributed by atoms with van der Waals surface area (Å²) in [5.41, 5.74) is 0.676. The number of aryl methyl sites for hydroxylation is 1. The Labute approximate surface area is 116 Å². The molecule has 5 nitrogen and oxygen atoms in total. The average Bonchev–Trinajstić information content (AvgIpc) is 2.46. The number of aromatic amines is 1. The number of nitrogens with one attached hydrogen (secondary N) is 1. The zero-order chi connectivity index (χ0) is 14.7. The lowest BCUT2D eigenvalue weighted by Gasteiger charge is -2.07. The van der Waals surface area contributed by atoms with E-state index in [9.17, 15) is 9.59 Å². The molecule has 0 saturated heterocycles. The number of hydrogen-bond acceptors (Lipinski definition) is 4. The molecule has 1 aromatic carbocycles. The Morgan fingerprint density at radius 1 is 1.10 bits per heavy atom. The smallest absolute Gasteiger partial charge is 0.262 e. The molecule has 2 aromatic rings. The van der Waals surface area contributed by atoms with Crippen molar-refractivity contribution in [3.05, 3.63) is 57.4 Å². The van der Waals surface area contributed by atoms with Crippen LogP contribution in [0, 0.1) is 6.92 Å². The maximum Gasteiger partial charge on any atom is 0.262 e. The third kappa shape index (κ3) is 2.56. The predicted molar refractivity (Wildman–Crippen MR) is 74.8 cm³/mol. The van der Waals surface area contributed by atoms with Crippen LogP contribution in [-0.2, 0) is 0 Å². The van der Waals surface area contributed by atoms with Crippen molar-refractivity contribution in [2.24, 2.45) is 0 Å². The highest BCUT2D eigenvalue weighted by Crippen LogP contribution is 2.16. The molecule has 0 fully saturated rings. The molecular formula is C15H15NO4. The summed E-state index contributed by atoms with van der Waals surface area (Å²) < 4.78 is 10.00. The summed E-state index contributed by atoms with van der Waals surface area (Å²) in [7, 11) is 3.00. The van der Waals surface area contributed by atoms with Gasteiger partial charge in [-0.2, -0.15) is 0 Å². The first-order chi connectivity index (χ1) is 9.56. The number of methoxy groups -OCH3 is 2. The van der Waals surface area contributed by atoms with Gasteiger partial charge in [0.25, 0.3) is 5.56 Å². The van der Waals surface area contributed by atoms with Crippen LogP contribution in [0.25, 0.3) is 0 Å². The van der Waals surface area contributed by atoms with Crippen molar-refractivity contribution >= 4 is 5.78 Å². The molecule has 0 bridgehead atoms. The van der Waals surface area contributed by atoms with Crippen LogP contribution in [-0.4, -0.2) is 25.0 Å². The number of carbonyl (C=O) groups excluding carboxylic acids is 1. The zero-order valence-corrected chi connectivity index (χ0v) is 11.5. The van der Waals surface area contributed by atoms with E-state index in [-0.39, 0.29) is 11.3 Å². The predicted octanol–water partition coefficient (Wildman–Crippen LogP) is 1.93. The van der Waals surface area contributed by atoms with Gasteiger partial charge in [0, 0.05) is 11.6 Å². The van der Waals surface area contributed by atoms with Crippen molar-refractivity contribution in [3.8, 4) is 11.6 Å². The minimum Gasteiger partial charge on any atom is -0.497 e. The molecule has 0 unspecified atom stereocenters. The second-order valence-corrected chi connectivity index (χ2v) is 4.28. The van der Waals surface area contributed by atoms with E-state index in [1.54, 1.807) is 44.4 Å². The molecule has 0 atom stereocenters. The van der Waals surface area contributed by atoms with Gasteiger partial charge in [-0.3, -0.25) is 14.6 Å². The van der Waals surface area contributed by atoms with Crippen molar-refractivity contribution in [1.82, 2.24) is 4.98 Å². The molecule has 104 valence electrons. The minimum atomic E-state index is -0.456. The molecule has 0 amide bonds. The summed E-state index contributed by atoms with van der Waals surface area (Å²) in [5, 5.41) is 0. The van der Waals surface area contributed by atoms with Gasteiger partial charge in [-0.1, -0.05) is 0 Å². The van der Waals surface area contributed by atoms with Crippen LogP contribution in [0.2, 0.25) is 0 Å². The molecular weight excluding hydrogens is 258 g/mol. The van der Waals surface area contributed by atoms with E-state index in [1.807, 2.05) is 0 Å². The number of rotatable bonds is 4. The fourth-order valence-electron chi connectivity index (χ4n) is 1.94. The Kier molecular flexibility index (Phi) is 3.89. The van der Waals surface area contributed by atoms with Crippen molar-refractivity contribution < 1.29 is 14.3 Å². The summed E-state index contributed by atoms with van der Waals surface area (Å²) >= 11 is 0. The van der Waals surface area contributed by atoms with Crippen LogP contribution >= 0.6 is 0 Å². The monoisotopic (exact) mass is 273 g/mol. The Balaban J connectivity index is 2.45. The summed E-state index contributed by atoms with van der Waals surface area (Å²) in [6.07, 6.45) is 0. The van der Waals surface area contributed by atoms with Gasteiger partial charge < -0.3 is 9.47 Å². The van der Waals surface area contributed by atoms with Crippen molar-refractivity contribution in [2.75, 3.05) is 14.2 Å². The van der Waals surface area contributed by atoms with Crippen molar-refractivity contribution in [3.63, 3.8) is 0 Å². The largest absolute Gasteiger partial charge is 0.497 e. The van der Waals surface area contributed by atoms with Gasteiger partial charge >= 0.3 is 0 Å². The highest BCUT2D eigenvalue weighted by molar-refractivity contribution is 6.09. The van der Waals surface area contributed by atoms with Crippen LogP contribution in [0.4, 0.5) is 0 Å². The van der Waals surface area contributed by atoms with E-state index >= 15 is 0 Å². The number of H-pyrrole nitrogens is 1. The molecule has 0 saturated carbocycles. The Morgan fingerprint density at radius 3 is 2.25 bits per heavy atom. The SMILES string of the molecule is COc1ccc(C(=O)c2c(C)cc(OC)[nH]c2=O)cc1. The molecule has 0 aliphatic heterocycles. The van der Waals surface area contributed by atoms with E-state index in [2.05, 4.69) is 4.98 Å². The Bertz CT molecular complexity index is 686. The van der Waals surface area contributed by atoms with Crippen molar-refractivity contribution in [1.29, 1.82) is 0 Å². The lowest BCUT2D eigenvalue weighted by molar-refractivity contribution is 0.103. The summed E-state index contributed by atoms with van der Waals surface area (Å²) in [5.74, 6) is 0.662. The maximum absolute atomic E-state index is 12.4. The quantitative estimate of drug-likeness (QED) is 0.864. The van der Waals surface area contributed by atoms with Gasteiger partial charge in [-0.05, 0) is 36.8 Å². The van der Waals surface area contributed by atoms with Crippen molar-refractivity contribution in [2.45, 2.75) is 6.92 Å². The van der Waals surface area contributed by atoms with E-state index < -0.39 is 5.56 Å². The standard InChI is InChI=1S/C15H15NO4/c1-9-8-12(20-3)16-15(18)13(9)14(17)10-4-6-11(19-2)7-5-10/h4-8H,1-3H3,(H,16,18). The van der Waals surface area contributed by atoms with Crippen LogP contribution in [0.1, 0.15) is 21.5 Å². The van der Waals surface area contributed by atoms with Gasteiger partial charge in [-0.15, -0.1) is 0 Å². The van der Waals surface area contributed by atoms with Gasteiger partial charge in [0.15, 0.2) is 11.7 Å². The molecule has 5 heteroatoms. The van der Waals surface area contributed by atoms with E-state index in [0.29, 0.717) is 22.8 Å². The maximum atomic E-state index is 12.4. The molecule has 1 heterocycles. The van der Waals surface area contributed by atoms with Gasteiger partial charge in [-0.25, -0.2) is 0 Å². The van der Waals surface area contributed by atoms with Gasteiger partial charge in [0.2, 0.25) is 0 Å². The number of aromatic nitrogens is 1. The molecule has 0 radical (unpaired) electrons. The third-order valence-corrected chi connectivity index (χ3v) is 3.00. The third-order valence-electron chi connectivity index (χ3n) is 3.00. The first-order valence-electron chi connectivity index (χ1n) is 6.03. The fourth-order valence-corrected chi connectivity index (χ4v) is 1.94. The highest BCUT2D eigenvalue weighted by Gasteiger charge is 2.17. The number of hydrogen-bond donors (Lipinski definition) is 1. The normalized spacial score (nSPS) is 10.2. The van der Waals surface area contributed by atoms with E-state index in [1.165, 1.54) is 7.11 Å². The fraction of sp³-hybridized carbons (Fsp3) is 0.200. The van der Waals surface area contributed by atoms with Gasteiger partial charge in [0.05, 0.1) is 19.8 Å². The van der Waals surface area contributed by atoms with Gasteiger partial charge in [0.1, 0.15) is 5.75 Å². The van der Waals surface area contributed by atoms with E-state index in [4.69, 9.17) is 9.47 Å².